The SMILES string of the molecule is CC1(C)C2CN(C(=O)Nc3nn(CC(F)(F)F)cc3Cl)CC21. The Bertz CT molecular complexity index is 599. The second kappa shape index (κ2) is 4.78. The van der Waals surface area contributed by atoms with Crippen LogP contribution in [0.25, 0.3) is 0 Å². The molecular weight excluding hydrogens is 321 g/mol. The van der Waals surface area contributed by atoms with Crippen LogP contribution in [0.3, 0.4) is 0 Å². The van der Waals surface area contributed by atoms with E-state index in [0.29, 0.717) is 29.6 Å². The largest absolute Gasteiger partial charge is 0.408 e. The molecule has 5 nitrogen and oxygen atoms in total. The number of piperidine rings is 1. The summed E-state index contributed by atoms with van der Waals surface area (Å²) >= 11 is 5.82. The molecule has 1 saturated heterocycles. The lowest BCUT2D eigenvalue weighted by molar-refractivity contribution is -0.142. The summed E-state index contributed by atoms with van der Waals surface area (Å²) in [4.78, 5) is 13.8. The molecule has 2 aliphatic rings. The molecule has 0 aromatic carbocycles. The summed E-state index contributed by atoms with van der Waals surface area (Å²) in [6, 6.07) is -0.373. The summed E-state index contributed by atoms with van der Waals surface area (Å²) in [6.45, 7) is 4.42. The maximum Gasteiger partial charge on any atom is 0.408 e. The lowest BCUT2D eigenvalue weighted by Gasteiger charge is -2.21. The summed E-state index contributed by atoms with van der Waals surface area (Å²) in [5.74, 6) is 0.948. The fourth-order valence-electron chi connectivity index (χ4n) is 3.22. The van der Waals surface area contributed by atoms with E-state index in [2.05, 4.69) is 24.3 Å². The highest BCUT2D eigenvalue weighted by Gasteiger charge is 2.62. The Kier molecular flexibility index (Phi) is 3.36. The first kappa shape index (κ1) is 15.5. The number of likely N-dealkylation sites (tertiary alicyclic amines) is 1. The van der Waals surface area contributed by atoms with E-state index in [4.69, 9.17) is 11.6 Å². The number of carbonyl (C=O) groups excluding carboxylic acids is 1. The highest BCUT2D eigenvalue weighted by atomic mass is 35.5. The Morgan fingerprint density at radius 1 is 1.45 bits per heavy atom. The fourth-order valence-corrected chi connectivity index (χ4v) is 3.42. The zero-order valence-electron chi connectivity index (χ0n) is 12.1. The number of fused-ring (bicyclic) bond motifs is 1. The van der Waals surface area contributed by atoms with Crippen LogP contribution in [0.1, 0.15) is 13.8 Å². The van der Waals surface area contributed by atoms with Crippen molar-refractivity contribution in [3.8, 4) is 0 Å². The minimum absolute atomic E-state index is 0.0118. The monoisotopic (exact) mass is 336 g/mol. The second-order valence-electron chi connectivity index (χ2n) is 6.51. The van der Waals surface area contributed by atoms with E-state index < -0.39 is 12.7 Å². The molecule has 1 N–H and O–H groups in total. The van der Waals surface area contributed by atoms with Crippen LogP contribution in [0, 0.1) is 17.3 Å². The van der Waals surface area contributed by atoms with E-state index in [1.807, 2.05) is 0 Å². The molecule has 0 bridgehead atoms. The predicted molar refractivity (Wildman–Crippen MR) is 74.6 cm³/mol. The van der Waals surface area contributed by atoms with Gasteiger partial charge in [0, 0.05) is 19.3 Å². The molecule has 122 valence electrons. The number of nitrogens with one attached hydrogen (secondary N) is 1. The van der Waals surface area contributed by atoms with Gasteiger partial charge in [0.1, 0.15) is 11.6 Å². The molecule has 2 unspecified atom stereocenters. The van der Waals surface area contributed by atoms with E-state index in [0.717, 1.165) is 6.20 Å². The average Bonchev–Trinajstić information content (AvgIpc) is 2.74. The van der Waals surface area contributed by atoms with Gasteiger partial charge in [0.2, 0.25) is 0 Å². The van der Waals surface area contributed by atoms with Gasteiger partial charge in [0.25, 0.3) is 0 Å². The molecule has 0 radical (unpaired) electrons. The number of alkyl halides is 3. The molecule has 2 atom stereocenters. The first-order valence-corrected chi connectivity index (χ1v) is 7.31. The third kappa shape index (κ3) is 2.76. The van der Waals surface area contributed by atoms with Gasteiger partial charge >= 0.3 is 12.2 Å². The van der Waals surface area contributed by atoms with Gasteiger partial charge in [-0.05, 0) is 17.3 Å². The number of nitrogens with zero attached hydrogens (tertiary/aromatic N) is 3. The molecule has 2 amide bonds. The predicted octanol–water partition coefficient (Wildman–Crippen LogP) is 3.22. The zero-order chi connectivity index (χ0) is 16.3. The third-order valence-corrected chi connectivity index (χ3v) is 4.97. The van der Waals surface area contributed by atoms with Crippen LogP contribution in [-0.2, 0) is 6.54 Å². The molecular formula is C13H16ClF3N4O. The number of carbonyl (C=O) groups is 1. The maximum atomic E-state index is 12.3. The smallest absolute Gasteiger partial charge is 0.324 e. The van der Waals surface area contributed by atoms with Crippen LogP contribution < -0.4 is 5.32 Å². The van der Waals surface area contributed by atoms with Crippen molar-refractivity contribution in [3.63, 3.8) is 0 Å². The van der Waals surface area contributed by atoms with Gasteiger partial charge in [-0.1, -0.05) is 25.4 Å². The van der Waals surface area contributed by atoms with Crippen LogP contribution in [0.4, 0.5) is 23.8 Å². The van der Waals surface area contributed by atoms with Gasteiger partial charge in [0.15, 0.2) is 5.82 Å². The third-order valence-electron chi connectivity index (χ3n) is 4.69. The lowest BCUT2D eigenvalue weighted by Crippen LogP contribution is -2.36. The van der Waals surface area contributed by atoms with Crippen LogP contribution >= 0.6 is 11.6 Å². The Morgan fingerprint density at radius 3 is 2.59 bits per heavy atom. The quantitative estimate of drug-likeness (QED) is 0.901. The highest BCUT2D eigenvalue weighted by Crippen LogP contribution is 2.61. The molecule has 1 aromatic rings. The van der Waals surface area contributed by atoms with Gasteiger partial charge in [-0.15, -0.1) is 0 Å². The summed E-state index contributed by atoms with van der Waals surface area (Å²) in [7, 11) is 0. The molecule has 3 rings (SSSR count). The van der Waals surface area contributed by atoms with Gasteiger partial charge in [0.05, 0.1) is 0 Å². The number of hydrogen-bond acceptors (Lipinski definition) is 2. The molecule has 22 heavy (non-hydrogen) atoms. The zero-order valence-corrected chi connectivity index (χ0v) is 12.9. The van der Waals surface area contributed by atoms with Crippen molar-refractivity contribution in [1.29, 1.82) is 0 Å². The molecule has 1 aromatic heterocycles. The van der Waals surface area contributed by atoms with Crippen molar-refractivity contribution in [3.05, 3.63) is 11.2 Å². The summed E-state index contributed by atoms with van der Waals surface area (Å²) < 4.78 is 37.6. The number of rotatable bonds is 2. The molecule has 1 aliphatic carbocycles. The minimum Gasteiger partial charge on any atom is -0.324 e. The maximum absolute atomic E-state index is 12.3. The topological polar surface area (TPSA) is 50.2 Å². The molecule has 1 aliphatic heterocycles. The van der Waals surface area contributed by atoms with Crippen LogP contribution in [-0.4, -0.2) is 40.0 Å². The van der Waals surface area contributed by atoms with E-state index >= 15 is 0 Å². The first-order valence-electron chi connectivity index (χ1n) is 6.93. The van der Waals surface area contributed by atoms with Crippen molar-refractivity contribution in [2.45, 2.75) is 26.6 Å². The van der Waals surface area contributed by atoms with Crippen molar-refractivity contribution in [1.82, 2.24) is 14.7 Å². The van der Waals surface area contributed by atoms with Crippen LogP contribution in [0.15, 0.2) is 6.20 Å². The van der Waals surface area contributed by atoms with Gasteiger partial charge in [-0.25, -0.2) is 4.79 Å². The Hall–Kier alpha value is -1.44. The van der Waals surface area contributed by atoms with Gasteiger partial charge in [-0.3, -0.25) is 10.00 Å². The standard InChI is InChI=1S/C13H16ClF3N4O/c1-12(2)7-3-20(4-8(7)12)11(22)18-10-9(14)5-21(19-10)6-13(15,16)17/h5,7-8H,3-4,6H2,1-2H3,(H,18,19,22). The van der Waals surface area contributed by atoms with E-state index in [9.17, 15) is 18.0 Å². The van der Waals surface area contributed by atoms with Crippen molar-refractivity contribution in [2.75, 3.05) is 18.4 Å². The second-order valence-corrected chi connectivity index (χ2v) is 6.92. The number of anilines is 1. The van der Waals surface area contributed by atoms with Gasteiger partial charge in [-0.2, -0.15) is 18.3 Å². The average molecular weight is 337 g/mol. The summed E-state index contributed by atoms with van der Waals surface area (Å²) in [5.41, 5.74) is 0.280. The van der Waals surface area contributed by atoms with Crippen LogP contribution in [0.5, 0.6) is 0 Å². The number of halogens is 4. The lowest BCUT2D eigenvalue weighted by atomic mass is 10.1. The number of hydrogen-bond donors (Lipinski definition) is 1. The minimum atomic E-state index is -4.39. The molecule has 2 fully saturated rings. The first-order chi connectivity index (χ1) is 10.1. The van der Waals surface area contributed by atoms with Crippen molar-refractivity contribution < 1.29 is 18.0 Å². The number of aromatic nitrogens is 2. The Balaban J connectivity index is 1.61. The number of urea groups is 1. The molecule has 0 spiro atoms. The Morgan fingerprint density at radius 2 is 2.05 bits per heavy atom. The van der Waals surface area contributed by atoms with Crippen LogP contribution in [0.2, 0.25) is 5.02 Å². The molecule has 9 heteroatoms. The molecule has 1 saturated carbocycles. The van der Waals surface area contributed by atoms with E-state index in [1.54, 1.807) is 4.90 Å². The Labute approximate surface area is 130 Å². The van der Waals surface area contributed by atoms with Gasteiger partial charge < -0.3 is 4.90 Å². The fraction of sp³-hybridized carbons (Fsp3) is 0.692. The normalized spacial score (nSPS) is 26.0. The summed E-state index contributed by atoms with van der Waals surface area (Å²) in [6.07, 6.45) is -3.34. The summed E-state index contributed by atoms with van der Waals surface area (Å²) in [5, 5.41) is 6.14. The van der Waals surface area contributed by atoms with E-state index in [-0.39, 0.29) is 22.3 Å². The van der Waals surface area contributed by atoms with Crippen molar-refractivity contribution >= 4 is 23.4 Å². The van der Waals surface area contributed by atoms with E-state index in [1.165, 1.54) is 0 Å². The molecule has 2 heterocycles. The highest BCUT2D eigenvalue weighted by molar-refractivity contribution is 6.33. The number of amides is 2. The van der Waals surface area contributed by atoms with Crippen molar-refractivity contribution in [2.24, 2.45) is 17.3 Å².